The molecule has 18 heavy (non-hydrogen) atoms. The topological polar surface area (TPSA) is 52.9 Å². The molecule has 0 heterocycles. The fraction of sp³-hybridized carbons (Fsp3) is 0.429. The van der Waals surface area contributed by atoms with Crippen LogP contribution in [-0.2, 0) is 4.79 Å². The van der Waals surface area contributed by atoms with Gasteiger partial charge in [-0.25, -0.2) is 4.39 Å². The Kier molecular flexibility index (Phi) is 4.43. The highest BCUT2D eigenvalue weighted by Gasteiger charge is 2.35. The van der Waals surface area contributed by atoms with E-state index in [4.69, 9.17) is 5.26 Å². The van der Waals surface area contributed by atoms with Gasteiger partial charge in [0.2, 0.25) is 5.91 Å². The molecule has 0 bridgehead atoms. The maximum Gasteiger partial charge on any atom is 0.244 e. The van der Waals surface area contributed by atoms with Gasteiger partial charge in [0.1, 0.15) is 11.2 Å². The molecule has 1 aromatic carbocycles. The van der Waals surface area contributed by atoms with Gasteiger partial charge < -0.3 is 5.32 Å². The Morgan fingerprint density at radius 3 is 2.50 bits per heavy atom. The van der Waals surface area contributed by atoms with Crippen LogP contribution < -0.4 is 5.32 Å². The third-order valence-electron chi connectivity index (χ3n) is 3.32. The number of hydrogen-bond donors (Lipinski definition) is 1. The number of anilines is 1. The highest BCUT2D eigenvalue weighted by atomic mass is 19.1. The van der Waals surface area contributed by atoms with E-state index < -0.39 is 17.1 Å². The zero-order valence-corrected chi connectivity index (χ0v) is 10.9. The van der Waals surface area contributed by atoms with Crippen LogP contribution in [0.25, 0.3) is 0 Å². The van der Waals surface area contributed by atoms with Crippen LogP contribution in [0, 0.1) is 29.5 Å². The molecule has 1 rings (SSSR count). The summed E-state index contributed by atoms with van der Waals surface area (Å²) in [5, 5.41) is 11.7. The second kappa shape index (κ2) is 5.63. The van der Waals surface area contributed by atoms with Gasteiger partial charge in [-0.2, -0.15) is 5.26 Å². The number of benzene rings is 1. The molecule has 0 aromatic heterocycles. The predicted molar refractivity (Wildman–Crippen MR) is 68.4 cm³/mol. The minimum atomic E-state index is -1.09. The van der Waals surface area contributed by atoms with Crippen molar-refractivity contribution in [2.75, 3.05) is 5.32 Å². The normalized spacial score (nSPS) is 10.8. The first-order valence-electron chi connectivity index (χ1n) is 5.98. The lowest BCUT2D eigenvalue weighted by Crippen LogP contribution is -2.34. The van der Waals surface area contributed by atoms with Crippen LogP contribution in [0.1, 0.15) is 32.3 Å². The summed E-state index contributed by atoms with van der Waals surface area (Å²) in [5.41, 5.74) is -0.291. The van der Waals surface area contributed by atoms with E-state index in [1.165, 1.54) is 6.07 Å². The molecule has 1 aromatic rings. The first kappa shape index (κ1) is 14.2. The average molecular weight is 248 g/mol. The average Bonchev–Trinajstić information content (AvgIpc) is 2.37. The predicted octanol–water partition coefficient (Wildman–Crippen LogP) is 3.40. The number of nitrogens with one attached hydrogen (secondary N) is 1. The van der Waals surface area contributed by atoms with Gasteiger partial charge in [-0.1, -0.05) is 26.0 Å². The molecule has 0 saturated heterocycles. The Morgan fingerprint density at radius 2 is 2.06 bits per heavy atom. The van der Waals surface area contributed by atoms with Crippen LogP contribution in [0.4, 0.5) is 10.1 Å². The van der Waals surface area contributed by atoms with Crippen LogP contribution in [0.15, 0.2) is 18.2 Å². The minimum absolute atomic E-state index is 0.157. The zero-order valence-electron chi connectivity index (χ0n) is 10.9. The summed E-state index contributed by atoms with van der Waals surface area (Å²) in [7, 11) is 0. The van der Waals surface area contributed by atoms with Gasteiger partial charge in [0.05, 0.1) is 11.8 Å². The van der Waals surface area contributed by atoms with Gasteiger partial charge in [0.15, 0.2) is 0 Å². The van der Waals surface area contributed by atoms with E-state index in [9.17, 15) is 9.18 Å². The SMILES string of the molecule is CCC(C#N)(CC)C(=O)Nc1c(C)cccc1F. The molecule has 0 unspecified atom stereocenters. The van der Waals surface area contributed by atoms with Crippen LogP contribution >= 0.6 is 0 Å². The first-order valence-corrected chi connectivity index (χ1v) is 5.98. The van der Waals surface area contributed by atoms with Crippen molar-refractivity contribution < 1.29 is 9.18 Å². The number of halogens is 1. The largest absolute Gasteiger partial charge is 0.322 e. The number of rotatable bonds is 4. The highest BCUT2D eigenvalue weighted by Crippen LogP contribution is 2.28. The number of carbonyl (C=O) groups excluding carboxylic acids is 1. The third kappa shape index (κ3) is 2.51. The maximum atomic E-state index is 13.6. The molecule has 0 fully saturated rings. The Labute approximate surface area is 107 Å². The minimum Gasteiger partial charge on any atom is -0.322 e. The molecule has 1 amide bonds. The molecule has 0 atom stereocenters. The van der Waals surface area contributed by atoms with Crippen molar-refractivity contribution in [2.45, 2.75) is 33.6 Å². The van der Waals surface area contributed by atoms with Gasteiger partial charge in [0, 0.05) is 0 Å². The van der Waals surface area contributed by atoms with Gasteiger partial charge >= 0.3 is 0 Å². The van der Waals surface area contributed by atoms with E-state index in [2.05, 4.69) is 5.32 Å². The fourth-order valence-corrected chi connectivity index (χ4v) is 1.80. The second-order valence-corrected chi connectivity index (χ2v) is 4.29. The summed E-state index contributed by atoms with van der Waals surface area (Å²) >= 11 is 0. The van der Waals surface area contributed by atoms with E-state index in [1.807, 2.05) is 6.07 Å². The molecule has 0 aliphatic rings. The van der Waals surface area contributed by atoms with Crippen LogP contribution in [0.2, 0.25) is 0 Å². The summed E-state index contributed by atoms with van der Waals surface area (Å²) in [6.45, 7) is 5.27. The zero-order chi connectivity index (χ0) is 13.8. The lowest BCUT2D eigenvalue weighted by atomic mass is 9.83. The smallest absolute Gasteiger partial charge is 0.244 e. The molecule has 0 aliphatic heterocycles. The van der Waals surface area contributed by atoms with E-state index in [0.29, 0.717) is 18.4 Å². The number of carbonyl (C=O) groups is 1. The number of para-hydroxylation sites is 1. The number of nitrogens with zero attached hydrogens (tertiary/aromatic N) is 1. The third-order valence-corrected chi connectivity index (χ3v) is 3.32. The fourth-order valence-electron chi connectivity index (χ4n) is 1.80. The van der Waals surface area contributed by atoms with E-state index in [1.54, 1.807) is 32.9 Å². The molecule has 3 nitrogen and oxygen atoms in total. The second-order valence-electron chi connectivity index (χ2n) is 4.29. The van der Waals surface area contributed by atoms with E-state index in [0.717, 1.165) is 0 Å². The quantitative estimate of drug-likeness (QED) is 0.887. The number of amides is 1. The molecule has 4 heteroatoms. The van der Waals surface area contributed by atoms with Gasteiger partial charge in [-0.15, -0.1) is 0 Å². The summed E-state index contributed by atoms with van der Waals surface area (Å²) in [4.78, 5) is 12.1. The van der Waals surface area contributed by atoms with E-state index in [-0.39, 0.29) is 5.69 Å². The van der Waals surface area contributed by atoms with Gasteiger partial charge in [-0.3, -0.25) is 4.79 Å². The highest BCUT2D eigenvalue weighted by molar-refractivity contribution is 5.97. The molecule has 1 N–H and O–H groups in total. The van der Waals surface area contributed by atoms with Crippen LogP contribution in [0.5, 0.6) is 0 Å². The molecule has 96 valence electrons. The standard InChI is InChI=1S/C14H17FN2O/c1-4-14(5-2,9-16)13(18)17-12-10(3)7-6-8-11(12)15/h6-8H,4-5H2,1-3H3,(H,17,18). The maximum absolute atomic E-state index is 13.6. The molecular weight excluding hydrogens is 231 g/mol. The van der Waals surface area contributed by atoms with Crippen LogP contribution in [-0.4, -0.2) is 5.91 Å². The molecule has 0 spiro atoms. The molecular formula is C14H17FN2O. The lowest BCUT2D eigenvalue weighted by Gasteiger charge is -2.22. The Bertz CT molecular complexity index is 467. The number of nitriles is 1. The van der Waals surface area contributed by atoms with Crippen molar-refractivity contribution in [2.24, 2.45) is 5.41 Å². The van der Waals surface area contributed by atoms with Crippen molar-refractivity contribution in [3.63, 3.8) is 0 Å². The van der Waals surface area contributed by atoms with Crippen LogP contribution in [0.3, 0.4) is 0 Å². The van der Waals surface area contributed by atoms with Gasteiger partial charge in [-0.05, 0) is 31.4 Å². The van der Waals surface area contributed by atoms with Gasteiger partial charge in [0.25, 0.3) is 0 Å². The first-order chi connectivity index (χ1) is 8.50. The monoisotopic (exact) mass is 248 g/mol. The van der Waals surface area contributed by atoms with Crippen molar-refractivity contribution in [3.05, 3.63) is 29.6 Å². The molecule has 0 radical (unpaired) electrons. The van der Waals surface area contributed by atoms with Crippen molar-refractivity contribution in [3.8, 4) is 6.07 Å². The number of aryl methyl sites for hydroxylation is 1. The van der Waals surface area contributed by atoms with Crippen molar-refractivity contribution in [1.82, 2.24) is 0 Å². The summed E-state index contributed by atoms with van der Waals surface area (Å²) in [5.74, 6) is -0.925. The molecule has 0 aliphatic carbocycles. The van der Waals surface area contributed by atoms with Crippen molar-refractivity contribution in [1.29, 1.82) is 5.26 Å². The summed E-state index contributed by atoms with van der Waals surface area (Å²) < 4.78 is 13.6. The lowest BCUT2D eigenvalue weighted by molar-refractivity contribution is -0.123. The van der Waals surface area contributed by atoms with E-state index >= 15 is 0 Å². The summed E-state index contributed by atoms with van der Waals surface area (Å²) in [6.07, 6.45) is 0.804. The Balaban J connectivity index is 3.05. The Morgan fingerprint density at radius 1 is 1.44 bits per heavy atom. The summed E-state index contributed by atoms with van der Waals surface area (Å²) in [6, 6.07) is 6.62. The Hall–Kier alpha value is -1.89. The number of hydrogen-bond acceptors (Lipinski definition) is 2. The molecule has 0 saturated carbocycles. The van der Waals surface area contributed by atoms with Crippen molar-refractivity contribution >= 4 is 11.6 Å².